The molecule has 0 radical (unpaired) electrons. The molecule has 3 rings (SSSR count). The van der Waals surface area contributed by atoms with E-state index in [1.807, 2.05) is 49.1 Å². The molecule has 0 bridgehead atoms. The van der Waals surface area contributed by atoms with Crippen molar-refractivity contribution in [1.82, 2.24) is 9.88 Å². The predicted molar refractivity (Wildman–Crippen MR) is 104 cm³/mol. The molecule has 1 unspecified atom stereocenters. The summed E-state index contributed by atoms with van der Waals surface area (Å²) in [5.74, 6) is 0.00816. The van der Waals surface area contributed by atoms with Crippen LogP contribution in [0.1, 0.15) is 40.0 Å². The van der Waals surface area contributed by atoms with Crippen molar-refractivity contribution in [2.75, 3.05) is 19.7 Å². The van der Waals surface area contributed by atoms with Crippen molar-refractivity contribution >= 4 is 12.0 Å². The van der Waals surface area contributed by atoms with E-state index in [4.69, 9.17) is 4.74 Å². The van der Waals surface area contributed by atoms with Crippen molar-refractivity contribution in [1.29, 1.82) is 0 Å². The minimum absolute atomic E-state index is 0.00816. The largest absolute Gasteiger partial charge is 0.376 e. The molecule has 1 aliphatic rings. The van der Waals surface area contributed by atoms with E-state index in [0.29, 0.717) is 18.7 Å². The Morgan fingerprint density at radius 1 is 1.31 bits per heavy atom. The number of nitrogens with zero attached hydrogens (tertiary/aromatic N) is 2. The van der Waals surface area contributed by atoms with Gasteiger partial charge in [0.2, 0.25) is 0 Å². The van der Waals surface area contributed by atoms with Crippen molar-refractivity contribution < 1.29 is 9.53 Å². The summed E-state index contributed by atoms with van der Waals surface area (Å²) in [6, 6.07) is 12.0. The second-order valence-electron chi connectivity index (χ2n) is 6.78. The summed E-state index contributed by atoms with van der Waals surface area (Å²) >= 11 is 0. The van der Waals surface area contributed by atoms with Gasteiger partial charge in [-0.15, -0.1) is 0 Å². The molecule has 0 N–H and O–H groups in total. The van der Waals surface area contributed by atoms with Gasteiger partial charge in [0.15, 0.2) is 0 Å². The fourth-order valence-corrected chi connectivity index (χ4v) is 3.10. The fraction of sp³-hybridized carbons (Fsp3) is 0.364. The van der Waals surface area contributed by atoms with Crippen LogP contribution >= 0.6 is 0 Å². The maximum absolute atomic E-state index is 13.0. The third-order valence-corrected chi connectivity index (χ3v) is 4.76. The summed E-state index contributed by atoms with van der Waals surface area (Å²) in [7, 11) is 0. The van der Waals surface area contributed by atoms with E-state index in [1.165, 1.54) is 0 Å². The number of carbonyl (C=O) groups excluding carboxylic acids is 1. The Hall–Kier alpha value is -2.46. The first-order valence-corrected chi connectivity index (χ1v) is 9.19. The van der Waals surface area contributed by atoms with E-state index in [2.05, 4.69) is 23.2 Å². The molecule has 1 aliphatic heterocycles. The molecule has 0 spiro atoms. The second-order valence-corrected chi connectivity index (χ2v) is 6.78. The lowest BCUT2D eigenvalue weighted by Gasteiger charge is -2.24. The Morgan fingerprint density at radius 3 is 2.81 bits per heavy atom. The Bertz CT molecular complexity index is 765. The van der Waals surface area contributed by atoms with Crippen molar-refractivity contribution in [2.24, 2.45) is 0 Å². The van der Waals surface area contributed by atoms with E-state index in [0.717, 1.165) is 36.3 Å². The monoisotopic (exact) mass is 350 g/mol. The SMILES string of the molecule is Cc1cc(C(=O)N(C/C=C/c2ccccc2)CC2CCCO2)cnc1C. The summed E-state index contributed by atoms with van der Waals surface area (Å²) in [6.07, 6.45) is 7.97. The summed E-state index contributed by atoms with van der Waals surface area (Å²) < 4.78 is 5.74. The van der Waals surface area contributed by atoms with Gasteiger partial charge < -0.3 is 9.64 Å². The molecule has 2 aromatic rings. The molecule has 136 valence electrons. The molecule has 0 aliphatic carbocycles. The normalized spacial score (nSPS) is 16.9. The first-order chi connectivity index (χ1) is 12.6. The molecule has 1 atom stereocenters. The van der Waals surface area contributed by atoms with E-state index in [1.54, 1.807) is 6.20 Å². The highest BCUT2D eigenvalue weighted by atomic mass is 16.5. The van der Waals surface area contributed by atoms with Gasteiger partial charge in [0.05, 0.1) is 11.7 Å². The van der Waals surface area contributed by atoms with Crippen LogP contribution in [0.2, 0.25) is 0 Å². The molecule has 1 saturated heterocycles. The van der Waals surface area contributed by atoms with E-state index in [9.17, 15) is 4.79 Å². The van der Waals surface area contributed by atoms with Crippen molar-refractivity contribution in [2.45, 2.75) is 32.8 Å². The van der Waals surface area contributed by atoms with E-state index < -0.39 is 0 Å². The minimum atomic E-state index is 0.00816. The van der Waals surface area contributed by atoms with E-state index >= 15 is 0 Å². The summed E-state index contributed by atoms with van der Waals surface area (Å²) in [4.78, 5) is 19.2. The number of aromatic nitrogens is 1. The Morgan fingerprint density at radius 2 is 2.12 bits per heavy atom. The number of pyridine rings is 1. The van der Waals surface area contributed by atoms with Crippen LogP contribution in [-0.2, 0) is 4.74 Å². The maximum atomic E-state index is 13.0. The number of aryl methyl sites for hydroxylation is 2. The molecule has 2 heterocycles. The van der Waals surface area contributed by atoms with Gasteiger partial charge in [-0.3, -0.25) is 9.78 Å². The zero-order chi connectivity index (χ0) is 18.4. The van der Waals surface area contributed by atoms with Crippen LogP contribution in [0.25, 0.3) is 6.08 Å². The number of rotatable bonds is 6. The van der Waals surface area contributed by atoms with Crippen molar-refractivity contribution in [3.8, 4) is 0 Å². The number of hydrogen-bond donors (Lipinski definition) is 0. The minimum Gasteiger partial charge on any atom is -0.376 e. The summed E-state index contributed by atoms with van der Waals surface area (Å²) in [5, 5.41) is 0. The molecular weight excluding hydrogens is 324 g/mol. The van der Waals surface area contributed by atoms with Gasteiger partial charge in [0, 0.05) is 31.6 Å². The highest BCUT2D eigenvalue weighted by Gasteiger charge is 2.23. The fourth-order valence-electron chi connectivity index (χ4n) is 3.10. The van der Waals surface area contributed by atoms with Crippen LogP contribution in [0.4, 0.5) is 0 Å². The van der Waals surface area contributed by atoms with E-state index in [-0.39, 0.29) is 12.0 Å². The third kappa shape index (κ3) is 4.79. The lowest BCUT2D eigenvalue weighted by atomic mass is 10.1. The molecule has 4 heteroatoms. The zero-order valence-electron chi connectivity index (χ0n) is 15.5. The Balaban J connectivity index is 1.74. The lowest BCUT2D eigenvalue weighted by molar-refractivity contribution is 0.0553. The average molecular weight is 350 g/mol. The molecule has 1 amide bonds. The number of ether oxygens (including phenoxy) is 1. The molecule has 0 saturated carbocycles. The third-order valence-electron chi connectivity index (χ3n) is 4.76. The smallest absolute Gasteiger partial charge is 0.255 e. The first kappa shape index (κ1) is 18.3. The Labute approximate surface area is 155 Å². The number of benzene rings is 1. The van der Waals surface area contributed by atoms with Gasteiger partial charge in [0.25, 0.3) is 5.91 Å². The average Bonchev–Trinajstić information content (AvgIpc) is 3.16. The van der Waals surface area contributed by atoms with Gasteiger partial charge >= 0.3 is 0 Å². The van der Waals surface area contributed by atoms with Crippen LogP contribution < -0.4 is 0 Å². The molecule has 4 nitrogen and oxygen atoms in total. The van der Waals surface area contributed by atoms with Gasteiger partial charge in [-0.05, 0) is 43.9 Å². The van der Waals surface area contributed by atoms with Crippen molar-refractivity contribution in [3.05, 3.63) is 71.1 Å². The Kier molecular flexibility index (Phi) is 6.18. The number of hydrogen-bond acceptors (Lipinski definition) is 3. The maximum Gasteiger partial charge on any atom is 0.255 e. The highest BCUT2D eigenvalue weighted by Crippen LogP contribution is 2.16. The second kappa shape index (κ2) is 8.77. The van der Waals surface area contributed by atoms with Crippen LogP contribution in [0.3, 0.4) is 0 Å². The topological polar surface area (TPSA) is 42.4 Å². The molecule has 1 fully saturated rings. The standard InChI is InChI=1S/C22H26N2O2/c1-17-14-20(15-23-18(17)2)22(25)24(16-21-11-7-13-26-21)12-6-10-19-8-4-3-5-9-19/h3-6,8-10,14-15,21H,7,11-13,16H2,1-2H3/b10-6+. The summed E-state index contributed by atoms with van der Waals surface area (Å²) in [5.41, 5.74) is 3.76. The quantitative estimate of drug-likeness (QED) is 0.790. The summed E-state index contributed by atoms with van der Waals surface area (Å²) in [6.45, 7) is 5.90. The predicted octanol–water partition coefficient (Wildman–Crippen LogP) is 4.03. The van der Waals surface area contributed by atoms with Crippen LogP contribution in [0.5, 0.6) is 0 Å². The van der Waals surface area contributed by atoms with Gasteiger partial charge in [0.1, 0.15) is 0 Å². The lowest BCUT2D eigenvalue weighted by Crippen LogP contribution is -2.37. The van der Waals surface area contributed by atoms with Crippen molar-refractivity contribution in [3.63, 3.8) is 0 Å². The first-order valence-electron chi connectivity index (χ1n) is 9.19. The molecule has 1 aromatic carbocycles. The number of carbonyl (C=O) groups is 1. The van der Waals surface area contributed by atoms with Crippen LogP contribution in [0, 0.1) is 13.8 Å². The number of amides is 1. The molecule has 26 heavy (non-hydrogen) atoms. The van der Waals surface area contributed by atoms with Gasteiger partial charge in [-0.2, -0.15) is 0 Å². The zero-order valence-corrected chi connectivity index (χ0v) is 15.5. The molecule has 1 aromatic heterocycles. The van der Waals surface area contributed by atoms with Crippen LogP contribution in [-0.4, -0.2) is 41.6 Å². The highest BCUT2D eigenvalue weighted by molar-refractivity contribution is 5.94. The van der Waals surface area contributed by atoms with Crippen LogP contribution in [0.15, 0.2) is 48.7 Å². The van der Waals surface area contributed by atoms with Gasteiger partial charge in [-0.25, -0.2) is 0 Å². The molecular formula is C22H26N2O2. The van der Waals surface area contributed by atoms with Gasteiger partial charge in [-0.1, -0.05) is 42.5 Å².